The summed E-state index contributed by atoms with van der Waals surface area (Å²) in [6, 6.07) is 14.0. The maximum atomic E-state index is 12.6. The third-order valence-electron chi connectivity index (χ3n) is 3.38. The minimum Gasteiger partial charge on any atom is -0.473 e. The smallest absolute Gasteiger partial charge is 0.416 e. The molecule has 2 aromatic carbocycles. The Labute approximate surface area is 145 Å². The quantitative estimate of drug-likeness (QED) is 0.348. The van der Waals surface area contributed by atoms with Crippen LogP contribution in [0.25, 0.3) is 0 Å². The molecule has 0 saturated carbocycles. The van der Waals surface area contributed by atoms with Gasteiger partial charge >= 0.3 is 6.18 Å². The van der Waals surface area contributed by atoms with E-state index in [1.54, 1.807) is 0 Å². The Kier molecular flexibility index (Phi) is 6.81. The van der Waals surface area contributed by atoms with Gasteiger partial charge in [0.2, 0.25) is 5.90 Å². The lowest BCUT2D eigenvalue weighted by molar-refractivity contribution is -0.137. The fourth-order valence-corrected chi connectivity index (χ4v) is 2.08. The van der Waals surface area contributed by atoms with Gasteiger partial charge in [-0.05, 0) is 42.8 Å². The first-order valence-electron chi connectivity index (χ1n) is 8.10. The Balaban J connectivity index is 2.20. The van der Waals surface area contributed by atoms with Gasteiger partial charge < -0.3 is 4.74 Å². The molecule has 0 atom stereocenters. The molecule has 0 amide bonds. The highest BCUT2D eigenvalue weighted by molar-refractivity contribution is 5.95. The molecule has 0 bridgehead atoms. The normalized spacial score (nSPS) is 12.6. The first kappa shape index (κ1) is 18.8. The van der Waals surface area contributed by atoms with Crippen molar-refractivity contribution in [1.82, 2.24) is 0 Å². The van der Waals surface area contributed by atoms with Crippen LogP contribution in [0, 0.1) is 0 Å². The monoisotopic (exact) mass is 347 g/mol. The number of hydrogen-bond donors (Lipinski definition) is 0. The molecule has 2 nitrogen and oxygen atoms in total. The van der Waals surface area contributed by atoms with Gasteiger partial charge in [-0.15, -0.1) is 0 Å². The molecule has 0 aliphatic heterocycles. The molecular formula is C20H20F3NO. The number of allylic oxidation sites excluding steroid dienone is 1. The van der Waals surface area contributed by atoms with E-state index in [0.29, 0.717) is 18.2 Å². The molecule has 0 heterocycles. The largest absolute Gasteiger partial charge is 0.473 e. The Hall–Kier alpha value is -2.56. The van der Waals surface area contributed by atoms with Crippen LogP contribution >= 0.6 is 0 Å². The molecule has 0 aromatic heterocycles. The lowest BCUT2D eigenvalue weighted by Crippen LogP contribution is -2.07. The van der Waals surface area contributed by atoms with Crippen molar-refractivity contribution in [2.45, 2.75) is 25.9 Å². The number of aliphatic imine (C=N–C) groups is 1. The first-order chi connectivity index (χ1) is 12.0. The minimum absolute atomic E-state index is 0.356. The number of hydrogen-bond acceptors (Lipinski definition) is 2. The summed E-state index contributed by atoms with van der Waals surface area (Å²) in [5.41, 5.74) is 0.479. The number of rotatable bonds is 6. The molecule has 2 rings (SSSR count). The van der Waals surface area contributed by atoms with E-state index in [9.17, 15) is 13.2 Å². The van der Waals surface area contributed by atoms with Gasteiger partial charge in [0.15, 0.2) is 0 Å². The van der Waals surface area contributed by atoms with Gasteiger partial charge in [0.25, 0.3) is 0 Å². The highest BCUT2D eigenvalue weighted by atomic mass is 19.4. The van der Waals surface area contributed by atoms with Gasteiger partial charge in [0, 0.05) is 5.56 Å². The van der Waals surface area contributed by atoms with E-state index in [2.05, 4.69) is 11.9 Å². The van der Waals surface area contributed by atoms with Crippen LogP contribution in [0.5, 0.6) is 0 Å². The van der Waals surface area contributed by atoms with Crippen molar-refractivity contribution in [3.8, 4) is 0 Å². The lowest BCUT2D eigenvalue weighted by atomic mass is 10.2. The van der Waals surface area contributed by atoms with E-state index in [1.165, 1.54) is 12.1 Å². The molecular weight excluding hydrogens is 327 g/mol. The summed E-state index contributed by atoms with van der Waals surface area (Å²) < 4.78 is 43.7. The summed E-state index contributed by atoms with van der Waals surface area (Å²) >= 11 is 0. The number of alkyl halides is 3. The molecule has 5 heteroatoms. The van der Waals surface area contributed by atoms with Crippen molar-refractivity contribution in [3.05, 3.63) is 77.9 Å². The van der Waals surface area contributed by atoms with Crippen LogP contribution in [0.3, 0.4) is 0 Å². The van der Waals surface area contributed by atoms with Crippen molar-refractivity contribution < 1.29 is 17.9 Å². The third kappa shape index (κ3) is 6.10. The molecule has 0 aliphatic rings. The zero-order valence-electron chi connectivity index (χ0n) is 14.0. The predicted octanol–water partition coefficient (Wildman–Crippen LogP) is 6.16. The number of benzene rings is 2. The average Bonchev–Trinajstić information content (AvgIpc) is 2.61. The second-order valence-electron chi connectivity index (χ2n) is 5.40. The summed E-state index contributed by atoms with van der Waals surface area (Å²) in [4.78, 5) is 4.36. The molecule has 0 saturated heterocycles. The zero-order valence-corrected chi connectivity index (χ0v) is 14.0. The average molecular weight is 347 g/mol. The van der Waals surface area contributed by atoms with E-state index in [0.717, 1.165) is 30.5 Å². The van der Waals surface area contributed by atoms with E-state index < -0.39 is 11.7 Å². The predicted molar refractivity (Wildman–Crippen MR) is 94.1 cm³/mol. The Morgan fingerprint density at radius 1 is 1.00 bits per heavy atom. The van der Waals surface area contributed by atoms with Crippen LogP contribution in [0.1, 0.15) is 30.9 Å². The van der Waals surface area contributed by atoms with E-state index >= 15 is 0 Å². The summed E-state index contributed by atoms with van der Waals surface area (Å²) in [6.07, 6.45) is 1.61. The second-order valence-corrected chi connectivity index (χ2v) is 5.40. The Bertz CT molecular complexity index is 704. The maximum absolute atomic E-state index is 12.6. The van der Waals surface area contributed by atoms with Crippen LogP contribution in [0.4, 0.5) is 18.9 Å². The van der Waals surface area contributed by atoms with Crippen LogP contribution in [0.2, 0.25) is 0 Å². The van der Waals surface area contributed by atoms with Crippen molar-refractivity contribution in [1.29, 1.82) is 0 Å². The lowest BCUT2D eigenvalue weighted by Gasteiger charge is -2.09. The number of unbranched alkanes of at least 4 members (excludes halogenated alkanes) is 1. The van der Waals surface area contributed by atoms with Gasteiger partial charge in [0.05, 0.1) is 11.3 Å². The minimum atomic E-state index is -4.36. The summed E-state index contributed by atoms with van der Waals surface area (Å²) in [5.74, 6) is 0.376. The van der Waals surface area contributed by atoms with E-state index in [-0.39, 0.29) is 0 Å². The van der Waals surface area contributed by atoms with Crippen LogP contribution < -0.4 is 0 Å². The van der Waals surface area contributed by atoms with Gasteiger partial charge in [-0.3, -0.25) is 0 Å². The Morgan fingerprint density at radius 2 is 1.68 bits per heavy atom. The van der Waals surface area contributed by atoms with Gasteiger partial charge in [0.1, 0.15) is 6.61 Å². The van der Waals surface area contributed by atoms with Gasteiger partial charge in [-0.2, -0.15) is 13.2 Å². The molecule has 2 aromatic rings. The van der Waals surface area contributed by atoms with Crippen molar-refractivity contribution >= 4 is 11.6 Å². The van der Waals surface area contributed by atoms with Gasteiger partial charge in [-0.25, -0.2) is 4.99 Å². The number of ether oxygens (including phenoxy) is 1. The highest BCUT2D eigenvalue weighted by Crippen LogP contribution is 2.30. The molecule has 0 N–H and O–H groups in total. The summed E-state index contributed by atoms with van der Waals surface area (Å²) in [6.45, 7) is 2.45. The Morgan fingerprint density at radius 3 is 2.28 bits per heavy atom. The molecule has 0 unspecified atom stereocenters. The fraction of sp³-hybridized carbons (Fsp3) is 0.250. The van der Waals surface area contributed by atoms with Crippen molar-refractivity contribution in [3.63, 3.8) is 0 Å². The highest BCUT2D eigenvalue weighted by Gasteiger charge is 2.29. The maximum Gasteiger partial charge on any atom is 0.416 e. The molecule has 0 radical (unpaired) electrons. The second kappa shape index (κ2) is 9.06. The molecule has 25 heavy (non-hydrogen) atoms. The van der Waals surface area contributed by atoms with Crippen LogP contribution in [-0.2, 0) is 10.9 Å². The van der Waals surface area contributed by atoms with Gasteiger partial charge in [-0.1, -0.05) is 43.7 Å². The van der Waals surface area contributed by atoms with E-state index in [4.69, 9.17) is 4.74 Å². The van der Waals surface area contributed by atoms with Crippen molar-refractivity contribution in [2.75, 3.05) is 6.61 Å². The molecule has 132 valence electrons. The molecule has 0 aliphatic carbocycles. The summed E-state index contributed by atoms with van der Waals surface area (Å²) in [5, 5.41) is 0. The van der Waals surface area contributed by atoms with E-state index in [1.807, 2.05) is 42.5 Å². The zero-order chi connectivity index (χ0) is 18.1. The standard InChI is InChI=1S/C20H20F3NO/c1-2-3-4-8-15-25-19(16-9-6-5-7-10-16)24-18-13-11-17(12-14-18)20(21,22)23/h4-14H,2-3,15H2,1H3/b8-4+,24-19?. The van der Waals surface area contributed by atoms with Crippen LogP contribution in [0.15, 0.2) is 71.7 Å². The first-order valence-corrected chi connectivity index (χ1v) is 8.10. The summed E-state index contributed by atoms with van der Waals surface area (Å²) in [7, 11) is 0. The SMILES string of the molecule is CCC/C=C/COC(=Nc1ccc(C(F)(F)F)cc1)c1ccccc1. The third-order valence-corrected chi connectivity index (χ3v) is 3.38. The van der Waals surface area contributed by atoms with Crippen LogP contribution in [-0.4, -0.2) is 12.5 Å². The number of nitrogens with zero attached hydrogens (tertiary/aromatic N) is 1. The fourth-order valence-electron chi connectivity index (χ4n) is 2.08. The molecule has 0 fully saturated rings. The molecule has 0 spiro atoms. The topological polar surface area (TPSA) is 21.6 Å². The number of halogens is 3. The van der Waals surface area contributed by atoms with Crippen molar-refractivity contribution in [2.24, 2.45) is 4.99 Å².